The molecule has 1 aliphatic heterocycles. The summed E-state index contributed by atoms with van der Waals surface area (Å²) in [6.45, 7) is 5.07. The highest BCUT2D eigenvalue weighted by atomic mass is 16.5. The van der Waals surface area contributed by atoms with Gasteiger partial charge in [-0.3, -0.25) is 0 Å². The molecule has 0 spiro atoms. The van der Waals surface area contributed by atoms with Gasteiger partial charge in [0.05, 0.1) is 12.7 Å². The molecule has 3 heteroatoms. The predicted octanol–water partition coefficient (Wildman–Crippen LogP) is 1.69. The van der Waals surface area contributed by atoms with Gasteiger partial charge in [-0.15, -0.1) is 0 Å². The summed E-state index contributed by atoms with van der Waals surface area (Å²) in [6.07, 6.45) is 4.34. The Morgan fingerprint density at radius 2 is 2.40 bits per heavy atom. The first kappa shape index (κ1) is 10.9. The Labute approximate surface area is 91.8 Å². The molecule has 1 aliphatic carbocycles. The van der Waals surface area contributed by atoms with Crippen molar-refractivity contribution in [3.8, 4) is 6.07 Å². The van der Waals surface area contributed by atoms with E-state index in [9.17, 15) is 0 Å². The van der Waals surface area contributed by atoms with Crippen LogP contribution in [0.15, 0.2) is 0 Å². The van der Waals surface area contributed by atoms with Crippen LogP contribution in [-0.2, 0) is 4.74 Å². The largest absolute Gasteiger partial charge is 0.381 e. The van der Waals surface area contributed by atoms with Crippen LogP contribution in [0.25, 0.3) is 0 Å². The summed E-state index contributed by atoms with van der Waals surface area (Å²) in [6, 6.07) is 2.83. The molecule has 2 fully saturated rings. The van der Waals surface area contributed by atoms with Crippen LogP contribution in [0.3, 0.4) is 0 Å². The summed E-state index contributed by atoms with van der Waals surface area (Å²) in [4.78, 5) is 0. The van der Waals surface area contributed by atoms with Gasteiger partial charge in [0.2, 0.25) is 0 Å². The van der Waals surface area contributed by atoms with Gasteiger partial charge >= 0.3 is 0 Å². The molecule has 2 rings (SSSR count). The van der Waals surface area contributed by atoms with E-state index in [4.69, 9.17) is 10.00 Å². The quantitative estimate of drug-likeness (QED) is 0.748. The number of nitriles is 1. The van der Waals surface area contributed by atoms with Gasteiger partial charge in [0.1, 0.15) is 0 Å². The highest BCUT2D eigenvalue weighted by molar-refractivity contribution is 5.01. The number of rotatable bonds is 5. The molecular weight excluding hydrogens is 188 g/mol. The average molecular weight is 208 g/mol. The Bertz CT molecular complexity index is 249. The first-order chi connectivity index (χ1) is 7.26. The molecule has 1 saturated carbocycles. The molecule has 1 N–H and O–H groups in total. The lowest BCUT2D eigenvalue weighted by molar-refractivity contribution is 0.177. The van der Waals surface area contributed by atoms with Gasteiger partial charge in [0.15, 0.2) is 0 Å². The maximum absolute atomic E-state index is 8.72. The van der Waals surface area contributed by atoms with Crippen LogP contribution in [0, 0.1) is 22.7 Å². The molecule has 0 radical (unpaired) electrons. The van der Waals surface area contributed by atoms with Crippen molar-refractivity contribution in [1.82, 2.24) is 5.32 Å². The van der Waals surface area contributed by atoms with Crippen molar-refractivity contribution in [2.45, 2.75) is 38.6 Å². The lowest BCUT2D eigenvalue weighted by Crippen LogP contribution is -2.37. The minimum atomic E-state index is 0.322. The van der Waals surface area contributed by atoms with E-state index in [0.717, 1.165) is 19.8 Å². The highest BCUT2D eigenvalue weighted by Crippen LogP contribution is 2.48. The van der Waals surface area contributed by atoms with E-state index in [1.54, 1.807) is 0 Å². The van der Waals surface area contributed by atoms with Crippen molar-refractivity contribution < 1.29 is 4.74 Å². The van der Waals surface area contributed by atoms with Gasteiger partial charge in [-0.2, -0.15) is 5.26 Å². The average Bonchev–Trinajstić information content (AvgIpc) is 2.81. The van der Waals surface area contributed by atoms with E-state index in [2.05, 4.69) is 18.3 Å². The lowest BCUT2D eigenvalue weighted by Gasteiger charge is -2.22. The van der Waals surface area contributed by atoms with Crippen LogP contribution in [-0.4, -0.2) is 25.8 Å². The molecule has 0 aromatic heterocycles. The van der Waals surface area contributed by atoms with Crippen LogP contribution < -0.4 is 5.32 Å². The van der Waals surface area contributed by atoms with Crippen molar-refractivity contribution >= 4 is 0 Å². The molecule has 0 aromatic carbocycles. The second kappa shape index (κ2) is 4.51. The fourth-order valence-corrected chi connectivity index (χ4v) is 2.25. The molecular formula is C12H20N2O. The summed E-state index contributed by atoms with van der Waals surface area (Å²) in [5.74, 6) is 0.669. The molecule has 15 heavy (non-hydrogen) atoms. The van der Waals surface area contributed by atoms with Crippen molar-refractivity contribution in [3.63, 3.8) is 0 Å². The Balaban J connectivity index is 1.71. The minimum absolute atomic E-state index is 0.322. The van der Waals surface area contributed by atoms with Gasteiger partial charge in [-0.25, -0.2) is 0 Å². The predicted molar refractivity (Wildman–Crippen MR) is 58.3 cm³/mol. The number of hydrogen-bond acceptors (Lipinski definition) is 3. The maximum atomic E-state index is 8.72. The molecule has 2 atom stereocenters. The third-order valence-corrected chi connectivity index (χ3v) is 3.88. The Hall–Kier alpha value is -0.590. The topological polar surface area (TPSA) is 45.0 Å². The van der Waals surface area contributed by atoms with E-state index < -0.39 is 0 Å². The van der Waals surface area contributed by atoms with E-state index >= 15 is 0 Å². The second-order valence-corrected chi connectivity index (χ2v) is 5.13. The van der Waals surface area contributed by atoms with Crippen molar-refractivity contribution in [2.24, 2.45) is 11.3 Å². The molecule has 0 amide bonds. The first-order valence-corrected chi connectivity index (χ1v) is 5.94. The molecule has 1 saturated heterocycles. The standard InChI is InChI=1S/C12H20N2O/c1-10(11-2-7-15-8-11)14-9-12(3-4-12)5-6-13/h10-11,14H,2-5,7-9H2,1H3. The molecule has 0 bridgehead atoms. The third kappa shape index (κ3) is 2.70. The van der Waals surface area contributed by atoms with Crippen LogP contribution >= 0.6 is 0 Å². The van der Waals surface area contributed by atoms with Crippen molar-refractivity contribution in [1.29, 1.82) is 5.26 Å². The van der Waals surface area contributed by atoms with E-state index in [1.807, 2.05) is 0 Å². The number of ether oxygens (including phenoxy) is 1. The zero-order valence-electron chi connectivity index (χ0n) is 9.46. The van der Waals surface area contributed by atoms with Crippen LogP contribution in [0.2, 0.25) is 0 Å². The smallest absolute Gasteiger partial charge is 0.0628 e. The highest BCUT2D eigenvalue weighted by Gasteiger charge is 2.42. The molecule has 0 aromatic rings. The Morgan fingerprint density at radius 3 is 2.93 bits per heavy atom. The van der Waals surface area contributed by atoms with Gasteiger partial charge in [0, 0.05) is 25.6 Å². The van der Waals surface area contributed by atoms with Gasteiger partial charge < -0.3 is 10.1 Å². The van der Waals surface area contributed by atoms with Crippen LogP contribution in [0.1, 0.15) is 32.6 Å². The zero-order valence-corrected chi connectivity index (χ0v) is 9.46. The number of nitrogens with zero attached hydrogens (tertiary/aromatic N) is 1. The normalized spacial score (nSPS) is 29.7. The SMILES string of the molecule is CC(NCC1(CC#N)CC1)C1CCOC1. The summed E-state index contributed by atoms with van der Waals surface area (Å²) < 4.78 is 5.38. The third-order valence-electron chi connectivity index (χ3n) is 3.88. The molecule has 3 nitrogen and oxygen atoms in total. The van der Waals surface area contributed by atoms with E-state index in [-0.39, 0.29) is 0 Å². The van der Waals surface area contributed by atoms with Crippen LogP contribution in [0.5, 0.6) is 0 Å². The number of hydrogen-bond donors (Lipinski definition) is 1. The van der Waals surface area contributed by atoms with Crippen molar-refractivity contribution in [2.75, 3.05) is 19.8 Å². The van der Waals surface area contributed by atoms with E-state index in [1.165, 1.54) is 19.3 Å². The summed E-state index contributed by atoms with van der Waals surface area (Å²) >= 11 is 0. The molecule has 2 aliphatic rings. The molecule has 84 valence electrons. The fourth-order valence-electron chi connectivity index (χ4n) is 2.25. The van der Waals surface area contributed by atoms with Crippen molar-refractivity contribution in [3.05, 3.63) is 0 Å². The lowest BCUT2D eigenvalue weighted by atomic mass is 9.98. The fraction of sp³-hybridized carbons (Fsp3) is 0.917. The van der Waals surface area contributed by atoms with Gasteiger partial charge in [-0.05, 0) is 37.5 Å². The first-order valence-electron chi connectivity index (χ1n) is 5.94. The van der Waals surface area contributed by atoms with Crippen LogP contribution in [0.4, 0.5) is 0 Å². The number of nitrogens with one attached hydrogen (secondary N) is 1. The second-order valence-electron chi connectivity index (χ2n) is 5.13. The zero-order chi connectivity index (χ0) is 10.7. The summed E-state index contributed by atoms with van der Waals surface area (Å²) in [7, 11) is 0. The Kier molecular flexibility index (Phi) is 3.28. The van der Waals surface area contributed by atoms with Gasteiger partial charge in [-0.1, -0.05) is 0 Å². The molecule has 1 heterocycles. The monoisotopic (exact) mass is 208 g/mol. The van der Waals surface area contributed by atoms with E-state index in [0.29, 0.717) is 23.8 Å². The molecule has 2 unspecified atom stereocenters. The summed E-state index contributed by atoms with van der Waals surface area (Å²) in [5.41, 5.74) is 0.322. The van der Waals surface area contributed by atoms with Gasteiger partial charge in [0.25, 0.3) is 0 Å². The minimum Gasteiger partial charge on any atom is -0.381 e. The summed E-state index contributed by atoms with van der Waals surface area (Å²) in [5, 5.41) is 12.3. The Morgan fingerprint density at radius 1 is 1.60 bits per heavy atom. The maximum Gasteiger partial charge on any atom is 0.0628 e.